The van der Waals surface area contributed by atoms with Crippen LogP contribution in [0.3, 0.4) is 0 Å². The minimum atomic E-state index is -0.296. The van der Waals surface area contributed by atoms with Gasteiger partial charge in [-0.15, -0.1) is 0 Å². The number of nitrogens with zero attached hydrogens (tertiary/aromatic N) is 2. The summed E-state index contributed by atoms with van der Waals surface area (Å²) in [6.45, 7) is -0.100. The largest absolute Gasteiger partial charge is 0.497 e. The highest BCUT2D eigenvalue weighted by atomic mass is 79.9. The van der Waals surface area contributed by atoms with Gasteiger partial charge in [0.25, 0.3) is 5.91 Å². The first-order valence-corrected chi connectivity index (χ1v) is 12.0. The molecule has 6 atom stereocenters. The molecule has 0 radical (unpaired) electrons. The van der Waals surface area contributed by atoms with Crippen molar-refractivity contribution in [3.63, 3.8) is 0 Å². The fourth-order valence-corrected chi connectivity index (χ4v) is 6.36. The third-order valence-electron chi connectivity index (χ3n) is 7.74. The lowest BCUT2D eigenvalue weighted by Crippen LogP contribution is -2.45. The topological polar surface area (TPSA) is 66.9 Å². The van der Waals surface area contributed by atoms with Crippen LogP contribution in [0.1, 0.15) is 16.8 Å². The van der Waals surface area contributed by atoms with Crippen molar-refractivity contribution in [2.75, 3.05) is 18.7 Å². The van der Waals surface area contributed by atoms with Gasteiger partial charge in [0.2, 0.25) is 11.8 Å². The summed E-state index contributed by atoms with van der Waals surface area (Å²) in [6.07, 6.45) is 5.43. The molecule has 7 heteroatoms. The minimum absolute atomic E-state index is 0.100. The number of likely N-dealkylation sites (tertiary alicyclic amines) is 1. The van der Waals surface area contributed by atoms with E-state index in [1.807, 2.05) is 12.1 Å². The number of rotatable bonds is 5. The summed E-state index contributed by atoms with van der Waals surface area (Å²) >= 11 is 3.43. The van der Waals surface area contributed by atoms with Crippen LogP contribution < -0.4 is 9.64 Å². The molecule has 1 saturated heterocycles. The molecule has 4 aliphatic carbocycles. The number of benzene rings is 2. The number of halogens is 1. The van der Waals surface area contributed by atoms with Gasteiger partial charge in [-0.2, -0.15) is 0 Å². The van der Waals surface area contributed by atoms with Gasteiger partial charge in [-0.25, -0.2) is 0 Å². The van der Waals surface area contributed by atoms with E-state index in [1.54, 1.807) is 43.5 Å². The SMILES string of the molecule is COc1cccc(C(=O)N(CN2C(=O)C3C4C=CC(C5CC45)C3C2=O)c2ccc(Br)cc2)c1. The Labute approximate surface area is 200 Å². The van der Waals surface area contributed by atoms with Gasteiger partial charge in [0, 0.05) is 15.7 Å². The van der Waals surface area contributed by atoms with E-state index >= 15 is 0 Å². The van der Waals surface area contributed by atoms with E-state index in [1.165, 1.54) is 9.80 Å². The van der Waals surface area contributed by atoms with E-state index in [4.69, 9.17) is 4.74 Å². The van der Waals surface area contributed by atoms with Crippen molar-refractivity contribution in [1.82, 2.24) is 4.90 Å². The molecule has 0 N–H and O–H groups in total. The Bertz CT molecular complexity index is 1160. The number of anilines is 1. The van der Waals surface area contributed by atoms with Crippen LogP contribution in [-0.4, -0.2) is 36.4 Å². The zero-order valence-corrected chi connectivity index (χ0v) is 19.6. The molecular weight excluding hydrogens is 484 g/mol. The predicted octanol–water partition coefficient (Wildman–Crippen LogP) is 4.12. The number of hydrogen-bond donors (Lipinski definition) is 0. The Morgan fingerprint density at radius 1 is 1.03 bits per heavy atom. The molecule has 7 rings (SSSR count). The lowest BCUT2D eigenvalue weighted by Gasteiger charge is -2.37. The molecule has 33 heavy (non-hydrogen) atoms. The second-order valence-corrected chi connectivity index (χ2v) is 10.3. The van der Waals surface area contributed by atoms with Crippen LogP contribution in [0.2, 0.25) is 0 Å². The minimum Gasteiger partial charge on any atom is -0.497 e. The maximum atomic E-state index is 13.6. The molecule has 2 aromatic carbocycles. The average molecular weight is 507 g/mol. The first-order chi connectivity index (χ1) is 16.0. The molecule has 0 spiro atoms. The smallest absolute Gasteiger partial charge is 0.259 e. The molecule has 6 unspecified atom stereocenters. The molecule has 3 fully saturated rings. The van der Waals surface area contributed by atoms with Crippen LogP contribution in [0.25, 0.3) is 0 Å². The maximum Gasteiger partial charge on any atom is 0.259 e. The Kier molecular flexibility index (Phi) is 4.73. The quantitative estimate of drug-likeness (QED) is 0.452. The lowest BCUT2D eigenvalue weighted by atomic mass is 9.63. The van der Waals surface area contributed by atoms with Crippen molar-refractivity contribution in [1.29, 1.82) is 0 Å². The third kappa shape index (κ3) is 3.16. The van der Waals surface area contributed by atoms with Gasteiger partial charge in [-0.1, -0.05) is 34.1 Å². The first-order valence-electron chi connectivity index (χ1n) is 11.2. The molecule has 2 bridgehead atoms. The molecule has 0 aromatic heterocycles. The maximum absolute atomic E-state index is 13.6. The molecule has 6 nitrogen and oxygen atoms in total. The van der Waals surface area contributed by atoms with E-state index < -0.39 is 0 Å². The van der Waals surface area contributed by atoms with Crippen LogP contribution >= 0.6 is 15.9 Å². The molecule has 2 aromatic rings. The van der Waals surface area contributed by atoms with Crippen LogP contribution in [0.5, 0.6) is 5.75 Å². The van der Waals surface area contributed by atoms with E-state index in [-0.39, 0.29) is 48.1 Å². The third-order valence-corrected chi connectivity index (χ3v) is 8.27. The number of allylic oxidation sites excluding steroid dienone is 2. The normalized spacial score (nSPS) is 30.8. The predicted molar refractivity (Wildman–Crippen MR) is 125 cm³/mol. The highest BCUT2D eigenvalue weighted by Gasteiger charge is 2.67. The molecule has 5 aliphatic rings. The molecule has 3 amide bonds. The molecule has 2 saturated carbocycles. The summed E-state index contributed by atoms with van der Waals surface area (Å²) in [5.41, 5.74) is 1.04. The van der Waals surface area contributed by atoms with Crippen LogP contribution in [0.4, 0.5) is 5.69 Å². The zero-order chi connectivity index (χ0) is 22.9. The van der Waals surface area contributed by atoms with E-state index in [0.717, 1.165) is 10.9 Å². The van der Waals surface area contributed by atoms with Crippen molar-refractivity contribution < 1.29 is 19.1 Å². The first kappa shape index (κ1) is 20.7. The zero-order valence-electron chi connectivity index (χ0n) is 18.1. The highest BCUT2D eigenvalue weighted by molar-refractivity contribution is 9.10. The van der Waals surface area contributed by atoms with Crippen molar-refractivity contribution >= 4 is 39.3 Å². The van der Waals surface area contributed by atoms with Crippen LogP contribution in [0.15, 0.2) is 65.2 Å². The number of carbonyl (C=O) groups is 3. The fourth-order valence-electron chi connectivity index (χ4n) is 6.10. The Morgan fingerprint density at radius 2 is 1.67 bits per heavy atom. The lowest BCUT2D eigenvalue weighted by molar-refractivity contribution is -0.140. The van der Waals surface area contributed by atoms with Gasteiger partial charge in [0.1, 0.15) is 12.4 Å². The average Bonchev–Trinajstić information content (AvgIpc) is 3.63. The van der Waals surface area contributed by atoms with Crippen LogP contribution in [-0.2, 0) is 9.59 Å². The number of amides is 3. The summed E-state index contributed by atoms with van der Waals surface area (Å²) in [5.74, 6) is 0.810. The summed E-state index contributed by atoms with van der Waals surface area (Å²) < 4.78 is 6.16. The van der Waals surface area contributed by atoms with Gasteiger partial charge < -0.3 is 4.74 Å². The van der Waals surface area contributed by atoms with Crippen molar-refractivity contribution in [3.8, 4) is 5.75 Å². The summed E-state index contributed by atoms with van der Waals surface area (Å²) in [7, 11) is 1.55. The van der Waals surface area contributed by atoms with E-state index in [2.05, 4.69) is 28.1 Å². The highest BCUT2D eigenvalue weighted by Crippen LogP contribution is 2.65. The second kappa shape index (κ2) is 7.55. The van der Waals surface area contributed by atoms with Gasteiger partial charge in [0.05, 0.1) is 18.9 Å². The number of imide groups is 1. The van der Waals surface area contributed by atoms with Gasteiger partial charge >= 0.3 is 0 Å². The standard InChI is InChI=1S/C26H23BrN2O4/c1-33-17-4-2-3-14(11-17)24(30)28(16-7-5-15(27)6-8-16)13-29-25(31)22-18-9-10-19(21-12-20(18)21)23(22)26(29)32/h2-11,18-23H,12-13H2,1H3. The molecule has 1 aliphatic heterocycles. The number of hydrogen-bond acceptors (Lipinski definition) is 4. The summed E-state index contributed by atoms with van der Waals surface area (Å²) in [5, 5.41) is 0. The number of ether oxygens (including phenoxy) is 1. The van der Waals surface area contributed by atoms with Gasteiger partial charge in [0.15, 0.2) is 0 Å². The van der Waals surface area contributed by atoms with Gasteiger partial charge in [-0.3, -0.25) is 24.2 Å². The number of carbonyl (C=O) groups excluding carboxylic acids is 3. The fraction of sp³-hybridized carbons (Fsp3) is 0.346. The summed E-state index contributed by atoms with van der Waals surface area (Å²) in [4.78, 5) is 43.4. The molecular formula is C26H23BrN2O4. The van der Waals surface area contributed by atoms with Crippen molar-refractivity contribution in [2.45, 2.75) is 6.42 Å². The summed E-state index contributed by atoms with van der Waals surface area (Å²) in [6, 6.07) is 14.2. The van der Waals surface area contributed by atoms with E-state index in [9.17, 15) is 14.4 Å². The molecule has 168 valence electrons. The molecule has 1 heterocycles. The Balaban J connectivity index is 1.34. The Hall–Kier alpha value is -2.93. The van der Waals surface area contributed by atoms with Crippen LogP contribution in [0, 0.1) is 35.5 Å². The monoisotopic (exact) mass is 506 g/mol. The number of methoxy groups -OCH3 is 1. The van der Waals surface area contributed by atoms with E-state index in [0.29, 0.717) is 28.8 Å². The van der Waals surface area contributed by atoms with Gasteiger partial charge in [-0.05, 0) is 72.6 Å². The van der Waals surface area contributed by atoms with Crippen molar-refractivity contribution in [3.05, 3.63) is 70.7 Å². The Morgan fingerprint density at radius 3 is 2.27 bits per heavy atom. The van der Waals surface area contributed by atoms with Crippen molar-refractivity contribution in [2.24, 2.45) is 35.5 Å². The second-order valence-electron chi connectivity index (χ2n) is 9.34.